The molecule has 2 unspecified atom stereocenters. The van der Waals surface area contributed by atoms with Gasteiger partial charge in [-0.3, -0.25) is 4.79 Å². The minimum absolute atomic E-state index is 0.0808. The van der Waals surface area contributed by atoms with Gasteiger partial charge in [0.15, 0.2) is 0 Å². The fourth-order valence-corrected chi connectivity index (χ4v) is 4.61. The van der Waals surface area contributed by atoms with Crippen molar-refractivity contribution in [3.8, 4) is 5.75 Å². The number of aromatic nitrogens is 2. The highest BCUT2D eigenvalue weighted by atomic mass is 16.5. The molecule has 188 valence electrons. The number of amides is 1. The number of nitrogens with one attached hydrogen (secondary N) is 1. The van der Waals surface area contributed by atoms with E-state index in [2.05, 4.69) is 54.1 Å². The van der Waals surface area contributed by atoms with Gasteiger partial charge >= 0.3 is 0 Å². The number of fused-ring (bicyclic) bond motifs is 1. The van der Waals surface area contributed by atoms with E-state index in [0.717, 1.165) is 53.1 Å². The van der Waals surface area contributed by atoms with Gasteiger partial charge in [0, 0.05) is 12.1 Å². The second-order valence-electron chi connectivity index (χ2n) is 9.70. The lowest BCUT2D eigenvalue weighted by atomic mass is 9.99. The highest BCUT2D eigenvalue weighted by Crippen LogP contribution is 2.24. The van der Waals surface area contributed by atoms with Gasteiger partial charge in [0.05, 0.1) is 23.7 Å². The highest BCUT2D eigenvalue weighted by molar-refractivity contribution is 5.96. The lowest BCUT2D eigenvalue weighted by molar-refractivity contribution is 0.0937. The monoisotopic (exact) mass is 483 g/mol. The molecule has 2 atom stereocenters. The fourth-order valence-electron chi connectivity index (χ4n) is 4.61. The molecule has 0 aliphatic carbocycles. The van der Waals surface area contributed by atoms with Gasteiger partial charge in [0.25, 0.3) is 5.91 Å². The number of benzene rings is 3. The molecule has 4 aromatic rings. The number of carbonyl (C=O) groups excluding carboxylic acids is 1. The van der Waals surface area contributed by atoms with Gasteiger partial charge < -0.3 is 14.6 Å². The second-order valence-corrected chi connectivity index (χ2v) is 9.70. The van der Waals surface area contributed by atoms with E-state index < -0.39 is 0 Å². The highest BCUT2D eigenvalue weighted by Gasteiger charge is 2.20. The Labute approximate surface area is 214 Å². The van der Waals surface area contributed by atoms with E-state index >= 15 is 0 Å². The van der Waals surface area contributed by atoms with Crippen LogP contribution in [0.15, 0.2) is 66.7 Å². The summed E-state index contributed by atoms with van der Waals surface area (Å²) in [5.41, 5.74) is 6.16. The molecule has 5 heteroatoms. The molecule has 0 saturated heterocycles. The average Bonchev–Trinajstić information content (AvgIpc) is 3.25. The normalized spacial score (nSPS) is 12.9. The van der Waals surface area contributed by atoms with Gasteiger partial charge in [0.2, 0.25) is 0 Å². The average molecular weight is 484 g/mol. The fraction of sp³-hybridized carbons (Fsp3) is 0.355. The predicted molar refractivity (Wildman–Crippen MR) is 147 cm³/mol. The third kappa shape index (κ3) is 5.78. The maximum absolute atomic E-state index is 13.0. The minimum atomic E-state index is -0.236. The summed E-state index contributed by atoms with van der Waals surface area (Å²) in [6, 6.07) is 22.2. The Morgan fingerprint density at radius 1 is 1.03 bits per heavy atom. The zero-order valence-electron chi connectivity index (χ0n) is 22.0. The first-order valence-corrected chi connectivity index (χ1v) is 12.9. The van der Waals surface area contributed by atoms with Crippen LogP contribution in [0.5, 0.6) is 5.75 Å². The Hall–Kier alpha value is -3.60. The molecular formula is C31H37N3O2. The number of carbonyl (C=O) groups is 1. The largest absolute Gasteiger partial charge is 0.494 e. The number of para-hydroxylation sites is 2. The van der Waals surface area contributed by atoms with Crippen LogP contribution in [0, 0.1) is 13.8 Å². The summed E-state index contributed by atoms with van der Waals surface area (Å²) < 4.78 is 8.23. The van der Waals surface area contributed by atoms with E-state index in [4.69, 9.17) is 9.72 Å². The van der Waals surface area contributed by atoms with Crippen molar-refractivity contribution in [3.05, 3.63) is 94.8 Å². The number of hydrogen-bond donors (Lipinski definition) is 1. The zero-order chi connectivity index (χ0) is 25.7. The molecule has 4 rings (SSSR count). The molecule has 0 spiro atoms. The number of rotatable bonds is 10. The van der Waals surface area contributed by atoms with E-state index in [1.165, 1.54) is 5.56 Å². The van der Waals surface area contributed by atoms with Crippen molar-refractivity contribution < 1.29 is 9.53 Å². The topological polar surface area (TPSA) is 56.1 Å². The molecule has 1 amide bonds. The Morgan fingerprint density at radius 2 is 1.78 bits per heavy atom. The third-order valence-corrected chi connectivity index (χ3v) is 6.90. The smallest absolute Gasteiger partial charge is 0.252 e. The molecule has 5 nitrogen and oxygen atoms in total. The number of imidazole rings is 1. The van der Waals surface area contributed by atoms with Gasteiger partial charge in [-0.2, -0.15) is 0 Å². The molecule has 1 N–H and O–H groups in total. The van der Waals surface area contributed by atoms with Crippen molar-refractivity contribution in [2.24, 2.45) is 0 Å². The molecule has 1 heterocycles. The van der Waals surface area contributed by atoms with E-state index in [0.29, 0.717) is 18.1 Å². The predicted octanol–water partition coefficient (Wildman–Crippen LogP) is 7.13. The van der Waals surface area contributed by atoms with Crippen LogP contribution in [-0.4, -0.2) is 22.1 Å². The molecule has 0 fully saturated rings. The van der Waals surface area contributed by atoms with E-state index in [1.807, 2.05) is 57.2 Å². The SMILES string of the molecule is CCC(C)c1ccc(OCCCn2c(C(C)NC(=O)c3ccc(C)cc3C)nc3ccccc32)cc1. The zero-order valence-corrected chi connectivity index (χ0v) is 22.0. The van der Waals surface area contributed by atoms with Crippen LogP contribution in [0.1, 0.15) is 78.4 Å². The molecule has 0 aliphatic heterocycles. The third-order valence-electron chi connectivity index (χ3n) is 6.90. The van der Waals surface area contributed by atoms with Crippen LogP contribution in [0.25, 0.3) is 11.0 Å². The maximum Gasteiger partial charge on any atom is 0.252 e. The van der Waals surface area contributed by atoms with Crippen LogP contribution < -0.4 is 10.1 Å². The Morgan fingerprint density at radius 3 is 2.50 bits per heavy atom. The van der Waals surface area contributed by atoms with Crippen LogP contribution >= 0.6 is 0 Å². The number of hydrogen-bond acceptors (Lipinski definition) is 3. The van der Waals surface area contributed by atoms with Crippen molar-refractivity contribution in [3.63, 3.8) is 0 Å². The summed E-state index contributed by atoms with van der Waals surface area (Å²) in [6.45, 7) is 11.8. The van der Waals surface area contributed by atoms with Crippen LogP contribution in [0.4, 0.5) is 0 Å². The molecule has 0 saturated carbocycles. The lowest BCUT2D eigenvalue weighted by Gasteiger charge is -2.17. The Kier molecular flexibility index (Phi) is 8.09. The second kappa shape index (κ2) is 11.4. The van der Waals surface area contributed by atoms with Crippen molar-refractivity contribution in [1.82, 2.24) is 14.9 Å². The van der Waals surface area contributed by atoms with E-state index in [1.54, 1.807) is 0 Å². The molecule has 1 aromatic heterocycles. The quantitative estimate of drug-likeness (QED) is 0.244. The van der Waals surface area contributed by atoms with Crippen LogP contribution in [0.2, 0.25) is 0 Å². The first-order valence-electron chi connectivity index (χ1n) is 12.9. The number of aryl methyl sites for hydroxylation is 3. The van der Waals surface area contributed by atoms with Crippen molar-refractivity contribution in [2.75, 3.05) is 6.61 Å². The first-order chi connectivity index (χ1) is 17.4. The van der Waals surface area contributed by atoms with Gasteiger partial charge in [-0.1, -0.05) is 55.8 Å². The summed E-state index contributed by atoms with van der Waals surface area (Å²) in [4.78, 5) is 17.9. The molecule has 0 radical (unpaired) electrons. The molecule has 0 bridgehead atoms. The molecular weight excluding hydrogens is 446 g/mol. The van der Waals surface area contributed by atoms with Gasteiger partial charge in [0.1, 0.15) is 11.6 Å². The summed E-state index contributed by atoms with van der Waals surface area (Å²) in [6.07, 6.45) is 1.96. The van der Waals surface area contributed by atoms with Crippen LogP contribution in [0.3, 0.4) is 0 Å². The maximum atomic E-state index is 13.0. The minimum Gasteiger partial charge on any atom is -0.494 e. The van der Waals surface area contributed by atoms with Crippen molar-refractivity contribution >= 4 is 16.9 Å². The molecule has 3 aromatic carbocycles. The molecule has 36 heavy (non-hydrogen) atoms. The first kappa shape index (κ1) is 25.5. The van der Waals surface area contributed by atoms with Crippen molar-refractivity contribution in [2.45, 2.75) is 66.0 Å². The van der Waals surface area contributed by atoms with E-state index in [-0.39, 0.29) is 11.9 Å². The lowest BCUT2D eigenvalue weighted by Crippen LogP contribution is -2.29. The van der Waals surface area contributed by atoms with Crippen molar-refractivity contribution in [1.29, 1.82) is 0 Å². The van der Waals surface area contributed by atoms with Gasteiger partial charge in [-0.15, -0.1) is 0 Å². The standard InChI is InChI=1S/C31H37N3O2/c1-6-22(3)25-13-15-26(16-14-25)36-19-9-18-34-29-11-8-7-10-28(29)33-30(34)24(5)32-31(35)27-17-12-21(2)20-23(27)4/h7-8,10-17,20,22,24H,6,9,18-19H2,1-5H3,(H,32,35). The van der Waals surface area contributed by atoms with Gasteiger partial charge in [-0.05, 0) is 81.0 Å². The van der Waals surface area contributed by atoms with E-state index in [9.17, 15) is 4.79 Å². The Balaban J connectivity index is 1.44. The summed E-state index contributed by atoms with van der Waals surface area (Å²) >= 11 is 0. The Bertz CT molecular complexity index is 1320. The summed E-state index contributed by atoms with van der Waals surface area (Å²) in [5, 5.41) is 3.16. The number of ether oxygens (including phenoxy) is 1. The summed E-state index contributed by atoms with van der Waals surface area (Å²) in [5.74, 6) is 2.23. The van der Waals surface area contributed by atoms with Crippen LogP contribution in [-0.2, 0) is 6.54 Å². The summed E-state index contributed by atoms with van der Waals surface area (Å²) in [7, 11) is 0. The molecule has 0 aliphatic rings. The number of nitrogens with zero attached hydrogens (tertiary/aromatic N) is 2. The van der Waals surface area contributed by atoms with Gasteiger partial charge in [-0.25, -0.2) is 4.98 Å².